The van der Waals surface area contributed by atoms with Crippen molar-refractivity contribution in [2.45, 2.75) is 106 Å². The molecule has 0 aliphatic rings. The lowest BCUT2D eigenvalue weighted by atomic mass is 9.98. The number of hydrogen-bond donors (Lipinski definition) is 2. The number of para-hydroxylation sites is 1. The fraction of sp³-hybridized carbons (Fsp3) is 0.545. The lowest BCUT2D eigenvalue weighted by Crippen LogP contribution is -2.53. The fourth-order valence-corrected chi connectivity index (χ4v) is 4.67. The van der Waals surface area contributed by atoms with Gasteiger partial charge in [0.1, 0.15) is 17.7 Å². The van der Waals surface area contributed by atoms with Gasteiger partial charge in [0.15, 0.2) is 0 Å². The molecule has 0 fully saturated rings. The number of aryl methyl sites for hydroxylation is 3. The minimum atomic E-state index is -0.876. The van der Waals surface area contributed by atoms with Crippen molar-refractivity contribution in [3.63, 3.8) is 0 Å². The molecule has 0 aliphatic heterocycles. The van der Waals surface area contributed by atoms with Crippen LogP contribution in [0.25, 0.3) is 0 Å². The van der Waals surface area contributed by atoms with E-state index in [1.807, 2.05) is 77.1 Å². The number of nitrogens with one attached hydrogen (secondary N) is 2. The summed E-state index contributed by atoms with van der Waals surface area (Å²) < 4.78 is 5.49. The first-order valence-electron chi connectivity index (χ1n) is 14.5. The second-order valence-corrected chi connectivity index (χ2v) is 12.1. The SMILES string of the molecule is CCCCCN(C(=O)C(CC(C)C)NC(=O)OC(C)(C)C)C(C(=O)Nc1c(C)cccc1C)c1ccc(C)cc1. The van der Waals surface area contributed by atoms with Crippen LogP contribution in [0.3, 0.4) is 0 Å². The summed E-state index contributed by atoms with van der Waals surface area (Å²) in [5.41, 5.74) is 3.72. The second-order valence-electron chi connectivity index (χ2n) is 12.1. The number of ether oxygens (including phenoxy) is 1. The van der Waals surface area contributed by atoms with Crippen molar-refractivity contribution in [3.8, 4) is 0 Å². The third-order valence-electron chi connectivity index (χ3n) is 6.66. The van der Waals surface area contributed by atoms with Crippen molar-refractivity contribution in [2.75, 3.05) is 11.9 Å². The first-order valence-corrected chi connectivity index (χ1v) is 14.5. The van der Waals surface area contributed by atoms with Gasteiger partial charge in [0.05, 0.1) is 0 Å². The van der Waals surface area contributed by atoms with E-state index in [0.29, 0.717) is 13.0 Å². The molecule has 2 aromatic carbocycles. The van der Waals surface area contributed by atoms with Gasteiger partial charge in [-0.2, -0.15) is 0 Å². The van der Waals surface area contributed by atoms with E-state index in [0.717, 1.165) is 47.2 Å². The highest BCUT2D eigenvalue weighted by Gasteiger charge is 2.36. The molecule has 7 nitrogen and oxygen atoms in total. The third kappa shape index (κ3) is 10.00. The molecule has 3 amide bonds. The molecule has 40 heavy (non-hydrogen) atoms. The Morgan fingerprint density at radius 2 is 1.52 bits per heavy atom. The summed E-state index contributed by atoms with van der Waals surface area (Å²) in [5.74, 6) is -0.452. The van der Waals surface area contributed by atoms with E-state index in [-0.39, 0.29) is 17.7 Å². The van der Waals surface area contributed by atoms with Crippen molar-refractivity contribution in [3.05, 3.63) is 64.7 Å². The Labute approximate surface area is 241 Å². The zero-order valence-corrected chi connectivity index (χ0v) is 25.9. The van der Waals surface area contributed by atoms with Crippen LogP contribution in [0.4, 0.5) is 10.5 Å². The molecule has 0 radical (unpaired) electrons. The van der Waals surface area contributed by atoms with Crippen LogP contribution in [0, 0.1) is 26.7 Å². The molecular formula is C33H49N3O4. The first-order chi connectivity index (χ1) is 18.7. The summed E-state index contributed by atoms with van der Waals surface area (Å²) in [6, 6.07) is 11.9. The molecule has 0 heterocycles. The molecule has 0 aromatic heterocycles. The number of hydrogen-bond acceptors (Lipinski definition) is 4. The number of anilines is 1. The van der Waals surface area contributed by atoms with Crippen molar-refractivity contribution in [1.29, 1.82) is 0 Å². The molecule has 7 heteroatoms. The van der Waals surface area contributed by atoms with Crippen molar-refractivity contribution < 1.29 is 19.1 Å². The Bertz CT molecular complexity index is 1120. The van der Waals surface area contributed by atoms with Crippen LogP contribution in [0.1, 0.15) is 95.5 Å². The standard InChI is InChI=1S/C33H49N3O4/c1-10-11-12-20-36(31(38)27(21-22(2)3)34-32(39)40-33(7,8)9)29(26-18-16-23(4)17-19-26)30(37)35-28-24(5)14-13-15-25(28)6/h13-19,22,27,29H,10-12,20-21H2,1-9H3,(H,34,39)(H,35,37). The van der Waals surface area contributed by atoms with Gasteiger partial charge in [-0.25, -0.2) is 4.79 Å². The van der Waals surface area contributed by atoms with E-state index in [9.17, 15) is 14.4 Å². The Hall–Kier alpha value is -3.35. The molecular weight excluding hydrogens is 502 g/mol. The molecule has 0 saturated carbocycles. The quantitative estimate of drug-likeness (QED) is 0.272. The summed E-state index contributed by atoms with van der Waals surface area (Å²) >= 11 is 0. The zero-order valence-electron chi connectivity index (χ0n) is 25.9. The predicted octanol–water partition coefficient (Wildman–Crippen LogP) is 7.25. The van der Waals surface area contributed by atoms with Gasteiger partial charge in [-0.1, -0.05) is 81.6 Å². The van der Waals surface area contributed by atoms with Gasteiger partial charge < -0.3 is 20.3 Å². The molecule has 2 aromatic rings. The molecule has 0 spiro atoms. The number of carbonyl (C=O) groups is 3. The number of nitrogens with zero attached hydrogens (tertiary/aromatic N) is 1. The molecule has 2 N–H and O–H groups in total. The van der Waals surface area contributed by atoms with E-state index < -0.39 is 23.8 Å². The summed E-state index contributed by atoms with van der Waals surface area (Å²) in [6.45, 7) is 17.8. The zero-order chi connectivity index (χ0) is 30.0. The van der Waals surface area contributed by atoms with Crippen LogP contribution in [-0.4, -0.2) is 41.0 Å². The predicted molar refractivity (Wildman–Crippen MR) is 162 cm³/mol. The van der Waals surface area contributed by atoms with E-state index in [1.54, 1.807) is 25.7 Å². The smallest absolute Gasteiger partial charge is 0.408 e. The van der Waals surface area contributed by atoms with Crippen LogP contribution < -0.4 is 10.6 Å². The Balaban J connectivity index is 2.57. The second kappa shape index (κ2) is 14.9. The van der Waals surface area contributed by atoms with Gasteiger partial charge >= 0.3 is 6.09 Å². The maximum absolute atomic E-state index is 14.3. The number of amides is 3. The first kappa shape index (κ1) is 32.9. The van der Waals surface area contributed by atoms with Crippen molar-refractivity contribution in [1.82, 2.24) is 10.2 Å². The fourth-order valence-electron chi connectivity index (χ4n) is 4.67. The largest absolute Gasteiger partial charge is 0.444 e. The number of carbonyl (C=O) groups excluding carboxylic acids is 3. The topological polar surface area (TPSA) is 87.7 Å². The van der Waals surface area contributed by atoms with Crippen LogP contribution >= 0.6 is 0 Å². The third-order valence-corrected chi connectivity index (χ3v) is 6.66. The van der Waals surface area contributed by atoms with Gasteiger partial charge in [-0.15, -0.1) is 0 Å². The summed E-state index contributed by atoms with van der Waals surface area (Å²) in [4.78, 5) is 42.9. The molecule has 0 aliphatic carbocycles. The Morgan fingerprint density at radius 1 is 0.925 bits per heavy atom. The minimum absolute atomic E-state index is 0.127. The van der Waals surface area contributed by atoms with Gasteiger partial charge in [-0.05, 0) is 77.0 Å². The number of benzene rings is 2. The van der Waals surface area contributed by atoms with E-state index in [1.165, 1.54) is 0 Å². The molecule has 2 unspecified atom stereocenters. The Morgan fingerprint density at radius 3 is 2.05 bits per heavy atom. The van der Waals surface area contributed by atoms with Gasteiger partial charge in [0.25, 0.3) is 5.91 Å². The van der Waals surface area contributed by atoms with Crippen LogP contribution in [0.5, 0.6) is 0 Å². The normalized spacial score (nSPS) is 12.9. The van der Waals surface area contributed by atoms with Crippen molar-refractivity contribution in [2.24, 2.45) is 5.92 Å². The van der Waals surface area contributed by atoms with Gasteiger partial charge in [-0.3, -0.25) is 9.59 Å². The molecule has 2 rings (SSSR count). The van der Waals surface area contributed by atoms with Crippen molar-refractivity contribution >= 4 is 23.6 Å². The molecule has 0 saturated heterocycles. The molecule has 2 atom stereocenters. The maximum atomic E-state index is 14.3. The minimum Gasteiger partial charge on any atom is -0.444 e. The van der Waals surface area contributed by atoms with Gasteiger partial charge in [0.2, 0.25) is 5.91 Å². The lowest BCUT2D eigenvalue weighted by molar-refractivity contribution is -0.141. The highest BCUT2D eigenvalue weighted by Crippen LogP contribution is 2.28. The van der Waals surface area contributed by atoms with Gasteiger partial charge in [0, 0.05) is 12.2 Å². The monoisotopic (exact) mass is 551 g/mol. The summed E-state index contributed by atoms with van der Waals surface area (Å²) in [7, 11) is 0. The highest BCUT2D eigenvalue weighted by atomic mass is 16.6. The van der Waals surface area contributed by atoms with Crippen LogP contribution in [-0.2, 0) is 14.3 Å². The molecule has 220 valence electrons. The maximum Gasteiger partial charge on any atom is 0.408 e. The summed E-state index contributed by atoms with van der Waals surface area (Å²) in [6.07, 6.45) is 2.39. The molecule has 0 bridgehead atoms. The number of rotatable bonds is 12. The van der Waals surface area contributed by atoms with Crippen LogP contribution in [0.2, 0.25) is 0 Å². The summed E-state index contributed by atoms with van der Waals surface area (Å²) in [5, 5.41) is 5.94. The Kier molecular flexibility index (Phi) is 12.2. The average Bonchev–Trinajstić information content (AvgIpc) is 2.84. The van der Waals surface area contributed by atoms with Crippen LogP contribution in [0.15, 0.2) is 42.5 Å². The van der Waals surface area contributed by atoms with E-state index in [2.05, 4.69) is 17.6 Å². The van der Waals surface area contributed by atoms with E-state index >= 15 is 0 Å². The number of unbranched alkanes of at least 4 members (excludes halogenated alkanes) is 2. The van der Waals surface area contributed by atoms with E-state index in [4.69, 9.17) is 4.74 Å². The lowest BCUT2D eigenvalue weighted by Gasteiger charge is -2.35. The average molecular weight is 552 g/mol. The highest BCUT2D eigenvalue weighted by molar-refractivity contribution is 5.99. The number of alkyl carbamates (subject to hydrolysis) is 1.